The molecule has 0 saturated heterocycles. The third kappa shape index (κ3) is 3.67. The Morgan fingerprint density at radius 3 is 2.58 bits per heavy atom. The number of amides is 1. The maximum Gasteiger partial charge on any atom is 0.273 e. The zero-order valence-corrected chi connectivity index (χ0v) is 14.7. The molecule has 0 fully saturated rings. The maximum atomic E-state index is 12.3. The van der Waals surface area contributed by atoms with Gasteiger partial charge in [0.1, 0.15) is 10.8 Å². The SMILES string of the molecule is COc1ccc(-c2nnc(NC(=O)c3ccc(C)c([N+](=O)[O-])c3)s2)cc1. The van der Waals surface area contributed by atoms with E-state index in [2.05, 4.69) is 15.5 Å². The molecule has 3 aromatic rings. The number of benzene rings is 2. The van der Waals surface area contributed by atoms with E-state index in [1.54, 1.807) is 26.2 Å². The van der Waals surface area contributed by atoms with Crippen LogP contribution < -0.4 is 10.1 Å². The van der Waals surface area contributed by atoms with Crippen molar-refractivity contribution in [1.82, 2.24) is 10.2 Å². The molecule has 0 aliphatic heterocycles. The van der Waals surface area contributed by atoms with Crippen LogP contribution in [0.2, 0.25) is 0 Å². The molecule has 1 amide bonds. The second-order valence-corrected chi connectivity index (χ2v) is 6.33. The summed E-state index contributed by atoms with van der Waals surface area (Å²) in [6, 6.07) is 11.6. The summed E-state index contributed by atoms with van der Waals surface area (Å²) in [5.41, 5.74) is 1.41. The summed E-state index contributed by atoms with van der Waals surface area (Å²) in [6.07, 6.45) is 0. The van der Waals surface area contributed by atoms with E-state index in [1.807, 2.05) is 12.1 Å². The van der Waals surface area contributed by atoms with Gasteiger partial charge in [-0.05, 0) is 37.3 Å². The van der Waals surface area contributed by atoms with Crippen molar-refractivity contribution in [2.24, 2.45) is 0 Å². The molecule has 0 aliphatic carbocycles. The first-order valence-electron chi connectivity index (χ1n) is 7.52. The molecule has 0 aliphatic rings. The number of nitro benzene ring substituents is 1. The largest absolute Gasteiger partial charge is 0.497 e. The molecule has 9 heteroatoms. The van der Waals surface area contributed by atoms with Crippen molar-refractivity contribution in [2.75, 3.05) is 12.4 Å². The Balaban J connectivity index is 1.77. The molecule has 0 spiro atoms. The van der Waals surface area contributed by atoms with E-state index in [0.717, 1.165) is 11.3 Å². The summed E-state index contributed by atoms with van der Waals surface area (Å²) in [5, 5.41) is 22.6. The Morgan fingerprint density at radius 2 is 1.92 bits per heavy atom. The van der Waals surface area contributed by atoms with Gasteiger partial charge in [-0.1, -0.05) is 17.4 Å². The summed E-state index contributed by atoms with van der Waals surface area (Å²) in [5.74, 6) is 0.248. The quantitative estimate of drug-likeness (QED) is 0.542. The molecule has 3 rings (SSSR count). The number of rotatable bonds is 5. The van der Waals surface area contributed by atoms with E-state index >= 15 is 0 Å². The number of carbonyl (C=O) groups excluding carboxylic acids is 1. The van der Waals surface area contributed by atoms with Crippen LogP contribution in [-0.2, 0) is 0 Å². The zero-order chi connectivity index (χ0) is 18.7. The van der Waals surface area contributed by atoms with Gasteiger partial charge in [0.25, 0.3) is 11.6 Å². The number of nitrogens with one attached hydrogen (secondary N) is 1. The Bertz CT molecular complexity index is 969. The summed E-state index contributed by atoms with van der Waals surface area (Å²) in [6.45, 7) is 1.62. The Labute approximate surface area is 152 Å². The molecule has 0 atom stereocenters. The zero-order valence-electron chi connectivity index (χ0n) is 13.9. The summed E-state index contributed by atoms with van der Waals surface area (Å²) >= 11 is 1.21. The minimum atomic E-state index is -0.515. The first-order chi connectivity index (χ1) is 12.5. The Hall–Kier alpha value is -3.33. The lowest BCUT2D eigenvalue weighted by atomic mass is 10.1. The van der Waals surface area contributed by atoms with Crippen LogP contribution in [0.5, 0.6) is 5.75 Å². The van der Waals surface area contributed by atoms with E-state index in [-0.39, 0.29) is 11.3 Å². The average Bonchev–Trinajstić information content (AvgIpc) is 3.10. The lowest BCUT2D eigenvalue weighted by Crippen LogP contribution is -2.12. The maximum absolute atomic E-state index is 12.3. The van der Waals surface area contributed by atoms with Crippen molar-refractivity contribution < 1.29 is 14.5 Å². The fourth-order valence-electron chi connectivity index (χ4n) is 2.24. The smallest absolute Gasteiger partial charge is 0.273 e. The number of nitro groups is 1. The molecular formula is C17H14N4O4S. The Morgan fingerprint density at radius 1 is 1.19 bits per heavy atom. The topological polar surface area (TPSA) is 107 Å². The molecule has 0 unspecified atom stereocenters. The fourth-order valence-corrected chi connectivity index (χ4v) is 2.98. The summed E-state index contributed by atoms with van der Waals surface area (Å²) < 4.78 is 5.11. The van der Waals surface area contributed by atoms with Crippen LogP contribution in [0.25, 0.3) is 10.6 Å². The molecule has 0 radical (unpaired) electrons. The van der Waals surface area contributed by atoms with Crippen LogP contribution in [0.3, 0.4) is 0 Å². The fraction of sp³-hybridized carbons (Fsp3) is 0.118. The van der Waals surface area contributed by atoms with Crippen molar-refractivity contribution in [3.05, 3.63) is 63.7 Å². The van der Waals surface area contributed by atoms with Crippen molar-refractivity contribution in [3.63, 3.8) is 0 Å². The second-order valence-electron chi connectivity index (χ2n) is 5.35. The van der Waals surface area contributed by atoms with Crippen LogP contribution in [0.15, 0.2) is 42.5 Å². The van der Waals surface area contributed by atoms with Gasteiger partial charge < -0.3 is 4.74 Å². The first-order valence-corrected chi connectivity index (χ1v) is 8.34. The van der Waals surface area contributed by atoms with Gasteiger partial charge in [0.05, 0.1) is 12.0 Å². The third-order valence-corrected chi connectivity index (χ3v) is 4.54. The molecule has 0 bridgehead atoms. The molecule has 132 valence electrons. The normalized spacial score (nSPS) is 10.4. The first kappa shape index (κ1) is 17.5. The molecule has 8 nitrogen and oxygen atoms in total. The van der Waals surface area contributed by atoms with E-state index in [0.29, 0.717) is 15.7 Å². The van der Waals surface area contributed by atoms with Gasteiger partial charge in [0, 0.05) is 22.8 Å². The monoisotopic (exact) mass is 370 g/mol. The molecule has 0 saturated carbocycles. The predicted molar refractivity (Wildman–Crippen MR) is 97.7 cm³/mol. The van der Waals surface area contributed by atoms with Crippen molar-refractivity contribution >= 4 is 28.1 Å². The van der Waals surface area contributed by atoms with Gasteiger partial charge >= 0.3 is 0 Å². The highest BCUT2D eigenvalue weighted by Crippen LogP contribution is 2.28. The molecular weight excluding hydrogens is 356 g/mol. The number of ether oxygens (including phenoxy) is 1. The van der Waals surface area contributed by atoms with Crippen LogP contribution in [0.4, 0.5) is 10.8 Å². The highest BCUT2D eigenvalue weighted by atomic mass is 32.1. The molecule has 1 aromatic heterocycles. The average molecular weight is 370 g/mol. The number of methoxy groups -OCH3 is 1. The van der Waals surface area contributed by atoms with Gasteiger partial charge in [-0.25, -0.2) is 0 Å². The lowest BCUT2D eigenvalue weighted by Gasteiger charge is -2.03. The van der Waals surface area contributed by atoms with E-state index < -0.39 is 10.8 Å². The van der Waals surface area contributed by atoms with Gasteiger partial charge in [-0.2, -0.15) is 0 Å². The standard InChI is InChI=1S/C17H14N4O4S/c1-10-3-4-12(9-14(10)21(23)24)15(22)18-17-20-19-16(26-17)11-5-7-13(25-2)8-6-11/h3-9H,1-2H3,(H,18,20,22). The van der Waals surface area contributed by atoms with Gasteiger partial charge in [0.2, 0.25) is 5.13 Å². The molecule has 2 aromatic carbocycles. The van der Waals surface area contributed by atoms with Crippen LogP contribution in [0, 0.1) is 17.0 Å². The minimum absolute atomic E-state index is 0.103. The highest BCUT2D eigenvalue weighted by molar-refractivity contribution is 7.18. The van der Waals surface area contributed by atoms with Gasteiger partial charge in [-0.15, -0.1) is 10.2 Å². The van der Waals surface area contributed by atoms with Crippen LogP contribution >= 0.6 is 11.3 Å². The number of hydrogen-bond acceptors (Lipinski definition) is 7. The second kappa shape index (κ2) is 7.28. The van der Waals surface area contributed by atoms with Crippen LogP contribution in [-0.4, -0.2) is 28.1 Å². The molecule has 1 N–H and O–H groups in total. The number of carbonyl (C=O) groups is 1. The van der Waals surface area contributed by atoms with Crippen molar-refractivity contribution in [2.45, 2.75) is 6.92 Å². The predicted octanol–water partition coefficient (Wildman–Crippen LogP) is 3.68. The van der Waals surface area contributed by atoms with Crippen LogP contribution in [0.1, 0.15) is 15.9 Å². The van der Waals surface area contributed by atoms with E-state index in [4.69, 9.17) is 4.74 Å². The summed E-state index contributed by atoms with van der Waals surface area (Å²) in [7, 11) is 1.59. The minimum Gasteiger partial charge on any atom is -0.497 e. The van der Waals surface area contributed by atoms with E-state index in [1.165, 1.54) is 29.5 Å². The van der Waals surface area contributed by atoms with Crippen molar-refractivity contribution in [3.8, 4) is 16.3 Å². The number of nitrogens with zero attached hydrogens (tertiary/aromatic N) is 3. The number of hydrogen-bond donors (Lipinski definition) is 1. The number of aryl methyl sites for hydroxylation is 1. The van der Waals surface area contributed by atoms with E-state index in [9.17, 15) is 14.9 Å². The van der Waals surface area contributed by atoms with Crippen molar-refractivity contribution in [1.29, 1.82) is 0 Å². The molecule has 1 heterocycles. The third-order valence-electron chi connectivity index (χ3n) is 3.65. The number of aromatic nitrogens is 2. The lowest BCUT2D eigenvalue weighted by molar-refractivity contribution is -0.385. The van der Waals surface area contributed by atoms with Gasteiger partial charge in [-0.3, -0.25) is 20.2 Å². The Kier molecular flexibility index (Phi) is 4.90. The number of anilines is 1. The van der Waals surface area contributed by atoms with Gasteiger partial charge in [0.15, 0.2) is 0 Å². The summed E-state index contributed by atoms with van der Waals surface area (Å²) in [4.78, 5) is 22.8. The highest BCUT2D eigenvalue weighted by Gasteiger charge is 2.16. The molecule has 26 heavy (non-hydrogen) atoms.